The summed E-state index contributed by atoms with van der Waals surface area (Å²) in [6, 6.07) is 0. The zero-order valence-corrected chi connectivity index (χ0v) is 8.13. The van der Waals surface area contributed by atoms with E-state index in [0.29, 0.717) is 25.7 Å². The number of methoxy groups -OCH3 is 1. The number of carbonyl (C=O) groups excluding carboxylic acids is 1. The van der Waals surface area contributed by atoms with Crippen molar-refractivity contribution in [3.8, 4) is 0 Å². The van der Waals surface area contributed by atoms with Gasteiger partial charge in [-0.3, -0.25) is 4.79 Å². The van der Waals surface area contributed by atoms with Crippen molar-refractivity contribution >= 4 is 5.97 Å². The Morgan fingerprint density at radius 1 is 1.29 bits per heavy atom. The van der Waals surface area contributed by atoms with Crippen LogP contribution in [0, 0.1) is 17.8 Å². The summed E-state index contributed by atoms with van der Waals surface area (Å²) < 4.78 is 31.5. The standard InChI is InChI=1S/C10H14F2O2/c1-14-9(13)6-4-7-2-3-8(5-6)10(7,11)12/h6-8H,2-5H2,1H3/t6?,7-,8+. The minimum atomic E-state index is -2.54. The number of halogens is 2. The zero-order valence-electron chi connectivity index (χ0n) is 8.13. The molecule has 0 N–H and O–H groups in total. The van der Waals surface area contributed by atoms with E-state index in [4.69, 9.17) is 0 Å². The van der Waals surface area contributed by atoms with Crippen molar-refractivity contribution in [1.29, 1.82) is 0 Å². The van der Waals surface area contributed by atoms with Crippen LogP contribution in [-0.2, 0) is 9.53 Å². The van der Waals surface area contributed by atoms with Gasteiger partial charge in [0.2, 0.25) is 0 Å². The first-order valence-electron chi connectivity index (χ1n) is 5.01. The lowest BCUT2D eigenvalue weighted by molar-refractivity contribution is -0.156. The van der Waals surface area contributed by atoms with Gasteiger partial charge >= 0.3 is 5.97 Å². The first kappa shape index (κ1) is 9.87. The summed E-state index contributed by atoms with van der Waals surface area (Å²) in [6.45, 7) is 0. The Morgan fingerprint density at radius 2 is 1.79 bits per heavy atom. The molecule has 0 spiro atoms. The van der Waals surface area contributed by atoms with Gasteiger partial charge < -0.3 is 4.74 Å². The highest BCUT2D eigenvalue weighted by atomic mass is 19.3. The van der Waals surface area contributed by atoms with Crippen molar-refractivity contribution in [2.75, 3.05) is 7.11 Å². The molecule has 80 valence electrons. The first-order valence-corrected chi connectivity index (χ1v) is 5.01. The summed E-state index contributed by atoms with van der Waals surface area (Å²) in [5.74, 6) is -4.34. The fraction of sp³-hybridized carbons (Fsp3) is 0.900. The van der Waals surface area contributed by atoms with Crippen molar-refractivity contribution in [3.63, 3.8) is 0 Å². The molecular formula is C10H14F2O2. The summed E-state index contributed by atoms with van der Waals surface area (Å²) in [5.41, 5.74) is 0. The van der Waals surface area contributed by atoms with Gasteiger partial charge in [0, 0.05) is 11.8 Å². The summed E-state index contributed by atoms with van der Waals surface area (Å²) in [7, 11) is 1.32. The predicted molar refractivity (Wildman–Crippen MR) is 45.9 cm³/mol. The van der Waals surface area contributed by atoms with Crippen LogP contribution in [0.1, 0.15) is 25.7 Å². The minimum Gasteiger partial charge on any atom is -0.469 e. The predicted octanol–water partition coefficient (Wildman–Crippen LogP) is 2.23. The number of hydrogen-bond donors (Lipinski definition) is 0. The maximum absolute atomic E-state index is 13.4. The molecule has 0 aliphatic heterocycles. The number of carbonyl (C=O) groups is 1. The van der Waals surface area contributed by atoms with Crippen LogP contribution in [0.3, 0.4) is 0 Å². The lowest BCUT2D eigenvalue weighted by atomic mass is 9.78. The lowest BCUT2D eigenvalue weighted by Gasteiger charge is -2.33. The highest BCUT2D eigenvalue weighted by Gasteiger charge is 2.57. The molecule has 2 saturated carbocycles. The van der Waals surface area contributed by atoms with Gasteiger partial charge in [0.05, 0.1) is 13.0 Å². The fourth-order valence-electron chi connectivity index (χ4n) is 2.81. The molecule has 0 aromatic carbocycles. The molecular weight excluding hydrogens is 190 g/mol. The average Bonchev–Trinajstić information content (AvgIpc) is 2.41. The van der Waals surface area contributed by atoms with Crippen LogP contribution in [-0.4, -0.2) is 19.0 Å². The van der Waals surface area contributed by atoms with Crippen LogP contribution in [0.4, 0.5) is 8.78 Å². The third kappa shape index (κ3) is 1.31. The van der Waals surface area contributed by atoms with E-state index in [9.17, 15) is 13.6 Å². The van der Waals surface area contributed by atoms with Crippen LogP contribution >= 0.6 is 0 Å². The van der Waals surface area contributed by atoms with Crippen molar-refractivity contribution in [3.05, 3.63) is 0 Å². The minimum absolute atomic E-state index is 0.294. The van der Waals surface area contributed by atoms with Gasteiger partial charge in [-0.15, -0.1) is 0 Å². The van der Waals surface area contributed by atoms with Gasteiger partial charge in [-0.2, -0.15) is 0 Å². The fourth-order valence-corrected chi connectivity index (χ4v) is 2.81. The normalized spacial score (nSPS) is 39.5. The molecule has 0 aromatic rings. The highest BCUT2D eigenvalue weighted by molar-refractivity contribution is 5.72. The van der Waals surface area contributed by atoms with Crippen molar-refractivity contribution in [2.45, 2.75) is 31.6 Å². The van der Waals surface area contributed by atoms with Crippen LogP contribution in [0.2, 0.25) is 0 Å². The number of esters is 1. The maximum Gasteiger partial charge on any atom is 0.308 e. The summed E-state index contributed by atoms with van der Waals surface area (Å²) in [4.78, 5) is 11.2. The van der Waals surface area contributed by atoms with Crippen molar-refractivity contribution < 1.29 is 18.3 Å². The number of alkyl halides is 2. The van der Waals surface area contributed by atoms with Crippen molar-refractivity contribution in [2.24, 2.45) is 17.8 Å². The number of hydrogen-bond acceptors (Lipinski definition) is 2. The number of ether oxygens (including phenoxy) is 1. The van der Waals surface area contributed by atoms with E-state index in [0.717, 1.165) is 0 Å². The molecule has 0 aromatic heterocycles. The van der Waals surface area contributed by atoms with E-state index >= 15 is 0 Å². The molecule has 14 heavy (non-hydrogen) atoms. The molecule has 4 heteroatoms. The molecule has 2 bridgehead atoms. The Hall–Kier alpha value is -0.670. The third-order valence-corrected chi connectivity index (χ3v) is 3.62. The quantitative estimate of drug-likeness (QED) is 0.612. The number of rotatable bonds is 1. The Morgan fingerprint density at radius 3 is 2.21 bits per heavy atom. The Labute approximate surface area is 81.6 Å². The smallest absolute Gasteiger partial charge is 0.308 e. The van der Waals surface area contributed by atoms with Crippen LogP contribution in [0.15, 0.2) is 0 Å². The van der Waals surface area contributed by atoms with E-state index < -0.39 is 17.8 Å². The van der Waals surface area contributed by atoms with Gasteiger partial charge in [-0.25, -0.2) is 8.78 Å². The van der Waals surface area contributed by atoms with Gasteiger partial charge in [-0.1, -0.05) is 0 Å². The van der Waals surface area contributed by atoms with E-state index in [2.05, 4.69) is 4.74 Å². The monoisotopic (exact) mass is 204 g/mol. The van der Waals surface area contributed by atoms with Crippen molar-refractivity contribution in [1.82, 2.24) is 0 Å². The summed E-state index contributed by atoms with van der Waals surface area (Å²) in [5, 5.41) is 0. The van der Waals surface area contributed by atoms with Gasteiger partial charge in [0.25, 0.3) is 5.92 Å². The lowest BCUT2D eigenvalue weighted by Crippen LogP contribution is -2.39. The second-order valence-electron chi connectivity index (χ2n) is 4.34. The topological polar surface area (TPSA) is 26.3 Å². The Kier molecular flexibility index (Phi) is 2.24. The second kappa shape index (κ2) is 3.17. The molecule has 2 nitrogen and oxygen atoms in total. The molecule has 2 fully saturated rings. The number of fused-ring (bicyclic) bond motifs is 2. The molecule has 0 amide bonds. The SMILES string of the molecule is COC(=O)C1C[C@H]2CC[C@@H](C1)C2(F)F. The van der Waals surface area contributed by atoms with Crippen LogP contribution < -0.4 is 0 Å². The van der Waals surface area contributed by atoms with E-state index in [1.807, 2.05) is 0 Å². The third-order valence-electron chi connectivity index (χ3n) is 3.62. The van der Waals surface area contributed by atoms with E-state index in [-0.39, 0.29) is 11.9 Å². The molecule has 2 aliphatic carbocycles. The summed E-state index contributed by atoms with van der Waals surface area (Å²) in [6.07, 6.45) is 1.72. The maximum atomic E-state index is 13.4. The van der Waals surface area contributed by atoms with E-state index in [1.54, 1.807) is 0 Å². The summed E-state index contributed by atoms with van der Waals surface area (Å²) >= 11 is 0. The second-order valence-corrected chi connectivity index (χ2v) is 4.34. The molecule has 3 atom stereocenters. The Balaban J connectivity index is 2.10. The first-order chi connectivity index (χ1) is 6.55. The molecule has 1 unspecified atom stereocenters. The van der Waals surface area contributed by atoms with Gasteiger partial charge in [0.15, 0.2) is 0 Å². The zero-order chi connectivity index (χ0) is 10.3. The highest BCUT2D eigenvalue weighted by Crippen LogP contribution is 2.54. The largest absolute Gasteiger partial charge is 0.469 e. The molecule has 0 heterocycles. The Bertz CT molecular complexity index is 237. The molecule has 0 saturated heterocycles. The van der Waals surface area contributed by atoms with Crippen LogP contribution in [0.25, 0.3) is 0 Å². The van der Waals surface area contributed by atoms with Crippen LogP contribution in [0.5, 0.6) is 0 Å². The average molecular weight is 204 g/mol. The van der Waals surface area contributed by atoms with E-state index in [1.165, 1.54) is 7.11 Å². The molecule has 2 rings (SSSR count). The van der Waals surface area contributed by atoms with Gasteiger partial charge in [0.1, 0.15) is 0 Å². The van der Waals surface area contributed by atoms with Gasteiger partial charge in [-0.05, 0) is 25.7 Å². The molecule has 2 aliphatic rings. The molecule has 0 radical (unpaired) electrons.